The van der Waals surface area contributed by atoms with Crippen molar-refractivity contribution in [3.05, 3.63) is 95.7 Å². The summed E-state index contributed by atoms with van der Waals surface area (Å²) in [7, 11) is -4.06. The Morgan fingerprint density at radius 1 is 1.00 bits per heavy atom. The molecule has 0 bridgehead atoms. The third-order valence-corrected chi connectivity index (χ3v) is 7.17. The number of nitrogens with one attached hydrogen (secondary N) is 2. The fourth-order valence-electron chi connectivity index (χ4n) is 3.61. The molecule has 0 saturated heterocycles. The van der Waals surface area contributed by atoms with Gasteiger partial charge in [0.15, 0.2) is 0 Å². The molecule has 0 aliphatic rings. The summed E-state index contributed by atoms with van der Waals surface area (Å²) in [5.41, 5.74) is 2.56. The number of benzene rings is 3. The lowest BCUT2D eigenvalue weighted by molar-refractivity contribution is -0.119. The molecule has 9 heteroatoms. The van der Waals surface area contributed by atoms with Crippen LogP contribution in [0.25, 0.3) is 10.9 Å². The number of aromatic amines is 1. The minimum atomic E-state index is -4.06. The molecular formula is C25H23N3O5S. The van der Waals surface area contributed by atoms with Gasteiger partial charge in [0.25, 0.3) is 10.0 Å². The van der Waals surface area contributed by atoms with E-state index >= 15 is 0 Å². The Balaban J connectivity index is 1.64. The first-order chi connectivity index (χ1) is 16.3. The Labute approximate surface area is 196 Å². The van der Waals surface area contributed by atoms with Crippen LogP contribution in [-0.4, -0.2) is 36.9 Å². The molecule has 3 aromatic carbocycles. The number of H-pyrrole nitrogens is 1. The number of hydrogen-bond acceptors (Lipinski definition) is 4. The highest BCUT2D eigenvalue weighted by atomic mass is 32.2. The zero-order chi connectivity index (χ0) is 24.3. The molecule has 4 rings (SSSR count). The Hall–Kier alpha value is -4.11. The maximum atomic E-state index is 13.6. The average Bonchev–Trinajstić information content (AvgIpc) is 3.31. The fourth-order valence-corrected chi connectivity index (χ4v) is 5.05. The van der Waals surface area contributed by atoms with Gasteiger partial charge in [0, 0.05) is 18.1 Å². The quantitative estimate of drug-likeness (QED) is 0.358. The Morgan fingerprint density at radius 2 is 1.74 bits per heavy atom. The van der Waals surface area contributed by atoms with Crippen molar-refractivity contribution >= 4 is 38.5 Å². The molecule has 0 spiro atoms. The van der Waals surface area contributed by atoms with Gasteiger partial charge in [0.2, 0.25) is 5.91 Å². The largest absolute Gasteiger partial charge is 0.478 e. The number of carbonyl (C=O) groups excluding carboxylic acids is 1. The highest BCUT2D eigenvalue weighted by Gasteiger charge is 2.28. The summed E-state index contributed by atoms with van der Waals surface area (Å²) < 4.78 is 28.3. The van der Waals surface area contributed by atoms with E-state index in [2.05, 4.69) is 10.3 Å². The van der Waals surface area contributed by atoms with E-state index < -0.39 is 28.4 Å². The number of fused-ring (bicyclic) bond motifs is 1. The van der Waals surface area contributed by atoms with E-state index in [4.69, 9.17) is 5.11 Å². The summed E-state index contributed by atoms with van der Waals surface area (Å²) >= 11 is 0. The van der Waals surface area contributed by atoms with Gasteiger partial charge in [-0.1, -0.05) is 42.0 Å². The van der Waals surface area contributed by atoms with Gasteiger partial charge in [-0.2, -0.15) is 0 Å². The molecule has 0 saturated carbocycles. The lowest BCUT2D eigenvalue weighted by Gasteiger charge is -2.25. The van der Waals surface area contributed by atoms with Crippen LogP contribution in [0.4, 0.5) is 5.69 Å². The molecule has 0 atom stereocenters. The molecule has 4 aromatic rings. The zero-order valence-corrected chi connectivity index (χ0v) is 19.2. The molecule has 174 valence electrons. The SMILES string of the molecule is Cc1ccc(S(=O)(=O)N(CC(=O)NCc2cccc(C(=O)O)c2)c2cccc3cc[nH]c23)cc1. The summed E-state index contributed by atoms with van der Waals surface area (Å²) in [5.74, 6) is -1.59. The molecule has 0 aliphatic heterocycles. The van der Waals surface area contributed by atoms with E-state index in [0.29, 0.717) is 16.8 Å². The molecule has 3 N–H and O–H groups in total. The minimum absolute atomic E-state index is 0.0606. The van der Waals surface area contributed by atoms with Gasteiger partial charge in [-0.15, -0.1) is 0 Å². The first-order valence-corrected chi connectivity index (χ1v) is 11.9. The van der Waals surface area contributed by atoms with Crippen molar-refractivity contribution in [3.8, 4) is 0 Å². The van der Waals surface area contributed by atoms with Gasteiger partial charge in [-0.25, -0.2) is 13.2 Å². The lowest BCUT2D eigenvalue weighted by Crippen LogP contribution is -2.40. The number of amides is 1. The van der Waals surface area contributed by atoms with Gasteiger partial charge >= 0.3 is 5.97 Å². The number of carboxylic acid groups (broad SMARTS) is 1. The zero-order valence-electron chi connectivity index (χ0n) is 18.4. The second-order valence-corrected chi connectivity index (χ2v) is 9.69. The van der Waals surface area contributed by atoms with Gasteiger partial charge in [-0.3, -0.25) is 9.10 Å². The van der Waals surface area contributed by atoms with Gasteiger partial charge in [-0.05, 0) is 48.9 Å². The van der Waals surface area contributed by atoms with Gasteiger partial charge in [0.05, 0.1) is 21.7 Å². The third-order valence-electron chi connectivity index (χ3n) is 5.39. The Bertz CT molecular complexity index is 1460. The second-order valence-electron chi connectivity index (χ2n) is 7.83. The van der Waals surface area contributed by atoms with Crippen LogP contribution < -0.4 is 9.62 Å². The number of aromatic carboxylic acids is 1. The second kappa shape index (κ2) is 9.40. The number of hydrogen-bond donors (Lipinski definition) is 3. The number of aryl methyl sites for hydroxylation is 1. The first-order valence-electron chi connectivity index (χ1n) is 10.5. The van der Waals surface area contributed by atoms with Crippen molar-refractivity contribution in [2.24, 2.45) is 0 Å². The van der Waals surface area contributed by atoms with Gasteiger partial charge in [0.1, 0.15) is 6.54 Å². The van der Waals surface area contributed by atoms with Crippen LogP contribution in [0.15, 0.2) is 83.9 Å². The molecule has 34 heavy (non-hydrogen) atoms. The Kier molecular flexibility index (Phi) is 6.38. The van der Waals surface area contributed by atoms with Crippen LogP contribution in [0.5, 0.6) is 0 Å². The van der Waals surface area contributed by atoms with Crippen molar-refractivity contribution < 1.29 is 23.1 Å². The molecule has 0 unspecified atom stereocenters. The van der Waals surface area contributed by atoms with E-state index in [1.807, 2.05) is 19.1 Å². The standard InChI is InChI=1S/C25H23N3O5S/c1-17-8-10-21(11-9-17)34(32,33)28(22-7-3-5-19-12-13-26-24(19)22)16-23(29)27-15-18-4-2-6-20(14-18)25(30)31/h2-14,26H,15-16H2,1H3,(H,27,29)(H,30,31). The maximum Gasteiger partial charge on any atom is 0.335 e. The van der Waals surface area contributed by atoms with E-state index in [9.17, 15) is 18.0 Å². The lowest BCUT2D eigenvalue weighted by atomic mass is 10.1. The molecule has 0 aliphatic carbocycles. The van der Waals surface area contributed by atoms with Crippen LogP contribution >= 0.6 is 0 Å². The van der Waals surface area contributed by atoms with E-state index in [0.717, 1.165) is 15.3 Å². The van der Waals surface area contributed by atoms with Crippen molar-refractivity contribution in [2.45, 2.75) is 18.4 Å². The Morgan fingerprint density at radius 3 is 2.47 bits per heavy atom. The number of sulfonamides is 1. The molecule has 0 fully saturated rings. The first kappa shape index (κ1) is 23.1. The molecule has 8 nitrogen and oxygen atoms in total. The maximum absolute atomic E-state index is 13.6. The van der Waals surface area contributed by atoms with E-state index in [-0.39, 0.29) is 17.0 Å². The normalized spacial score (nSPS) is 11.3. The average molecular weight is 478 g/mol. The number of nitrogens with zero attached hydrogens (tertiary/aromatic N) is 1. The molecule has 1 aromatic heterocycles. The summed E-state index contributed by atoms with van der Waals surface area (Å²) in [6, 6.07) is 19.7. The number of carbonyl (C=O) groups is 2. The highest BCUT2D eigenvalue weighted by Crippen LogP contribution is 2.30. The molecule has 0 radical (unpaired) electrons. The topological polar surface area (TPSA) is 120 Å². The number of para-hydroxylation sites is 1. The van der Waals surface area contributed by atoms with Crippen molar-refractivity contribution in [1.29, 1.82) is 0 Å². The summed E-state index contributed by atoms with van der Waals surface area (Å²) in [6.07, 6.45) is 1.71. The van der Waals surface area contributed by atoms with Crippen LogP contribution in [0.1, 0.15) is 21.5 Å². The molecule has 1 heterocycles. The number of aromatic nitrogens is 1. The number of anilines is 1. The smallest absolute Gasteiger partial charge is 0.335 e. The number of rotatable bonds is 8. The van der Waals surface area contributed by atoms with E-state index in [1.54, 1.807) is 42.6 Å². The third kappa shape index (κ3) is 4.79. The predicted molar refractivity (Wildman–Crippen MR) is 129 cm³/mol. The predicted octanol–water partition coefficient (Wildman–Crippen LogP) is 3.69. The van der Waals surface area contributed by atoms with Crippen molar-refractivity contribution in [1.82, 2.24) is 10.3 Å². The van der Waals surface area contributed by atoms with Crippen LogP contribution in [0, 0.1) is 6.92 Å². The van der Waals surface area contributed by atoms with Crippen LogP contribution in [-0.2, 0) is 21.4 Å². The van der Waals surface area contributed by atoms with Gasteiger partial charge < -0.3 is 15.4 Å². The summed E-state index contributed by atoms with van der Waals surface area (Å²) in [5, 5.41) is 12.7. The summed E-state index contributed by atoms with van der Waals surface area (Å²) in [4.78, 5) is 27.2. The van der Waals surface area contributed by atoms with Crippen molar-refractivity contribution in [3.63, 3.8) is 0 Å². The van der Waals surface area contributed by atoms with Crippen LogP contribution in [0.3, 0.4) is 0 Å². The highest BCUT2D eigenvalue weighted by molar-refractivity contribution is 7.92. The summed E-state index contributed by atoms with van der Waals surface area (Å²) in [6.45, 7) is 1.47. The molecule has 1 amide bonds. The molecular weight excluding hydrogens is 454 g/mol. The number of carboxylic acids is 1. The minimum Gasteiger partial charge on any atom is -0.478 e. The van der Waals surface area contributed by atoms with E-state index in [1.165, 1.54) is 24.3 Å². The fraction of sp³-hybridized carbons (Fsp3) is 0.120. The monoisotopic (exact) mass is 477 g/mol. The van der Waals surface area contributed by atoms with Crippen molar-refractivity contribution in [2.75, 3.05) is 10.8 Å². The van der Waals surface area contributed by atoms with Crippen LogP contribution in [0.2, 0.25) is 0 Å².